The zero-order valence-electron chi connectivity index (χ0n) is 20.4. The summed E-state index contributed by atoms with van der Waals surface area (Å²) in [5, 5.41) is 7.14. The molecule has 7 unspecified atom stereocenters. The van der Waals surface area contributed by atoms with Crippen molar-refractivity contribution in [2.45, 2.75) is 131 Å². The van der Waals surface area contributed by atoms with Crippen LogP contribution < -0.4 is 16.1 Å². The number of carbonyl (C=O) groups is 1. The van der Waals surface area contributed by atoms with Crippen molar-refractivity contribution in [1.82, 2.24) is 21.1 Å². The van der Waals surface area contributed by atoms with Gasteiger partial charge in [-0.3, -0.25) is 10.1 Å². The van der Waals surface area contributed by atoms with E-state index in [1.165, 1.54) is 0 Å². The van der Waals surface area contributed by atoms with Gasteiger partial charge >= 0.3 is 6.18 Å². The molecule has 1 saturated heterocycles. The van der Waals surface area contributed by atoms with Crippen LogP contribution in [0.2, 0.25) is 0 Å². The molecule has 3 saturated carbocycles. The first-order valence-electron chi connectivity index (χ1n) is 13.3. The molecular formula is C24H37Cl2F4N5O. The summed E-state index contributed by atoms with van der Waals surface area (Å²) in [6.45, 7) is 0. The topological polar surface area (TPSA) is 68.8 Å². The maximum atomic E-state index is 14.2. The number of amides is 1. The van der Waals surface area contributed by atoms with E-state index in [2.05, 4.69) is 21.1 Å². The van der Waals surface area contributed by atoms with Crippen LogP contribution in [0.1, 0.15) is 83.5 Å². The lowest BCUT2D eigenvalue weighted by Gasteiger charge is -2.35. The molecule has 206 valence electrons. The number of nitrogens with one attached hydrogen (secondary N) is 3. The molecule has 6 nitrogen and oxygen atoms in total. The third kappa shape index (κ3) is 7.60. The third-order valence-corrected chi connectivity index (χ3v) is 8.62. The molecule has 0 aromatic carbocycles. The van der Waals surface area contributed by atoms with Crippen molar-refractivity contribution in [3.63, 3.8) is 0 Å². The minimum Gasteiger partial charge on any atom is -0.353 e. The predicted molar refractivity (Wildman–Crippen MR) is 133 cm³/mol. The zero-order valence-corrected chi connectivity index (χ0v) is 21.9. The highest BCUT2D eigenvalue weighted by molar-refractivity contribution is 6.21. The predicted octanol–water partition coefficient (Wildman–Crippen LogP) is 5.14. The Morgan fingerprint density at radius 2 is 1.67 bits per heavy atom. The zero-order chi connectivity index (χ0) is 25.9. The molecule has 3 N–H and O–H groups in total. The van der Waals surface area contributed by atoms with Gasteiger partial charge in [-0.05, 0) is 51.4 Å². The molecule has 0 aromatic heterocycles. The van der Waals surface area contributed by atoms with Gasteiger partial charge in [-0.25, -0.2) is 19.8 Å². The molecule has 4 aliphatic rings. The van der Waals surface area contributed by atoms with E-state index in [-0.39, 0.29) is 59.9 Å². The van der Waals surface area contributed by atoms with E-state index in [9.17, 15) is 22.4 Å². The van der Waals surface area contributed by atoms with Gasteiger partial charge < -0.3 is 5.32 Å². The molecule has 7 atom stereocenters. The van der Waals surface area contributed by atoms with Crippen molar-refractivity contribution in [2.75, 3.05) is 0 Å². The van der Waals surface area contributed by atoms with Crippen LogP contribution in [0.5, 0.6) is 0 Å². The fourth-order valence-corrected chi connectivity index (χ4v) is 6.79. The van der Waals surface area contributed by atoms with Crippen LogP contribution in [0.4, 0.5) is 17.6 Å². The molecule has 0 aromatic rings. The second-order valence-corrected chi connectivity index (χ2v) is 12.0. The van der Waals surface area contributed by atoms with Crippen LogP contribution in [0, 0.1) is 5.92 Å². The molecule has 12 heteroatoms. The summed E-state index contributed by atoms with van der Waals surface area (Å²) in [7, 11) is 0. The number of nitrogens with zero attached hydrogens (tertiary/aromatic N) is 2. The van der Waals surface area contributed by atoms with Crippen molar-refractivity contribution < 1.29 is 22.4 Å². The third-order valence-electron chi connectivity index (χ3n) is 7.87. The Bertz CT molecular complexity index is 772. The molecule has 4 rings (SSSR count). The Morgan fingerprint density at radius 3 is 2.33 bits per heavy atom. The van der Waals surface area contributed by atoms with Crippen molar-refractivity contribution in [1.29, 1.82) is 0 Å². The summed E-state index contributed by atoms with van der Waals surface area (Å²) in [5.41, 5.74) is 2.66. The Kier molecular flexibility index (Phi) is 9.66. The summed E-state index contributed by atoms with van der Waals surface area (Å²) in [6, 6.07) is -2.15. The minimum atomic E-state index is -4.41. The molecule has 36 heavy (non-hydrogen) atoms. The van der Waals surface area contributed by atoms with E-state index in [1.807, 2.05) is 0 Å². The largest absolute Gasteiger partial charge is 0.405 e. The molecule has 1 heterocycles. The number of rotatable bonds is 4. The Morgan fingerprint density at radius 1 is 0.917 bits per heavy atom. The van der Waals surface area contributed by atoms with E-state index < -0.39 is 24.6 Å². The van der Waals surface area contributed by atoms with E-state index in [0.717, 1.165) is 44.9 Å². The first kappa shape index (κ1) is 28.2. The Balaban J connectivity index is 1.55. The Hall–Kier alpha value is -0.840. The smallest absolute Gasteiger partial charge is 0.353 e. The summed E-state index contributed by atoms with van der Waals surface area (Å²) in [4.78, 5) is 17.7. The van der Waals surface area contributed by atoms with Crippen LogP contribution in [0.25, 0.3) is 0 Å². The van der Waals surface area contributed by atoms with E-state index in [4.69, 9.17) is 23.2 Å². The lowest BCUT2D eigenvalue weighted by Crippen LogP contribution is -2.53. The van der Waals surface area contributed by atoms with E-state index in [1.54, 1.807) is 5.01 Å². The van der Waals surface area contributed by atoms with Crippen LogP contribution in [-0.2, 0) is 4.79 Å². The number of guanidine groups is 1. The average molecular weight is 558 g/mol. The minimum absolute atomic E-state index is 0.0655. The normalized spacial score (nSPS) is 37.6. The van der Waals surface area contributed by atoms with Gasteiger partial charge in [-0.2, -0.15) is 13.2 Å². The number of carbonyl (C=O) groups excluding carboxylic acids is 1. The number of alkyl halides is 6. The number of hydrogen-bond acceptors (Lipinski definition) is 4. The first-order valence-corrected chi connectivity index (χ1v) is 14.1. The van der Waals surface area contributed by atoms with Crippen LogP contribution in [-0.4, -0.2) is 64.3 Å². The highest BCUT2D eigenvalue weighted by Gasteiger charge is 2.49. The molecule has 0 spiro atoms. The van der Waals surface area contributed by atoms with Gasteiger partial charge in [0.05, 0.1) is 0 Å². The second kappa shape index (κ2) is 12.3. The number of hydrazine groups is 1. The highest BCUT2D eigenvalue weighted by Crippen LogP contribution is 2.34. The molecule has 4 fully saturated rings. The maximum Gasteiger partial charge on any atom is 0.405 e. The highest BCUT2D eigenvalue weighted by atomic mass is 35.5. The van der Waals surface area contributed by atoms with Crippen molar-refractivity contribution >= 4 is 35.1 Å². The van der Waals surface area contributed by atoms with E-state index >= 15 is 0 Å². The first-order chi connectivity index (χ1) is 17.1. The van der Waals surface area contributed by atoms with Crippen molar-refractivity contribution in [2.24, 2.45) is 10.9 Å². The van der Waals surface area contributed by atoms with Gasteiger partial charge in [0.1, 0.15) is 18.4 Å². The Labute approximate surface area is 220 Å². The summed E-state index contributed by atoms with van der Waals surface area (Å²) in [5.74, 6) is -0.465. The standard InChI is InChI=1S/C24H37Cl2F4N5O/c25-15-6-4-5-14(9-15)22(36)33-23(31-18-11-16(26)10-17(27)12-18)32-21-13-20(24(28,29)30)34-35(21)19-7-2-1-3-8-19/h14-21,34H,1-13H2,(H2,31,32,33,36). The second-order valence-electron chi connectivity index (χ2n) is 10.8. The van der Waals surface area contributed by atoms with Crippen molar-refractivity contribution in [3.8, 4) is 0 Å². The maximum absolute atomic E-state index is 14.2. The SMILES string of the molecule is O=C(N/C(=N\C1CC(C(F)(F)F)NN1C1CCCCC1)NC1CC(F)CC(Cl)C1)C1CCCC(Cl)C1. The summed E-state index contributed by atoms with van der Waals surface area (Å²) < 4.78 is 55.2. The van der Waals surface area contributed by atoms with Gasteiger partial charge in [0.15, 0.2) is 5.96 Å². The van der Waals surface area contributed by atoms with Crippen LogP contribution in [0.15, 0.2) is 4.99 Å². The van der Waals surface area contributed by atoms with Gasteiger partial charge in [-0.1, -0.05) is 25.7 Å². The molecular weight excluding hydrogens is 521 g/mol. The fraction of sp³-hybridized carbons (Fsp3) is 0.917. The van der Waals surface area contributed by atoms with Gasteiger partial charge in [0, 0.05) is 35.2 Å². The number of hydrogen-bond donors (Lipinski definition) is 3. The monoisotopic (exact) mass is 557 g/mol. The fourth-order valence-electron chi connectivity index (χ4n) is 6.01. The molecule has 3 aliphatic carbocycles. The van der Waals surface area contributed by atoms with Crippen LogP contribution in [0.3, 0.4) is 0 Å². The quantitative estimate of drug-likeness (QED) is 0.194. The summed E-state index contributed by atoms with van der Waals surface area (Å²) in [6.07, 6.45) is 1.83. The summed E-state index contributed by atoms with van der Waals surface area (Å²) >= 11 is 12.5. The lowest BCUT2D eigenvalue weighted by molar-refractivity contribution is -0.158. The molecule has 1 aliphatic heterocycles. The molecule has 1 amide bonds. The molecule has 0 bridgehead atoms. The lowest BCUT2D eigenvalue weighted by atomic mass is 9.88. The van der Waals surface area contributed by atoms with Gasteiger partial charge in [-0.15, -0.1) is 23.2 Å². The average Bonchev–Trinajstić information content (AvgIpc) is 3.23. The van der Waals surface area contributed by atoms with E-state index in [0.29, 0.717) is 19.3 Å². The van der Waals surface area contributed by atoms with Gasteiger partial charge in [0.2, 0.25) is 5.91 Å². The van der Waals surface area contributed by atoms with Crippen LogP contribution >= 0.6 is 23.2 Å². The molecule has 0 radical (unpaired) electrons. The van der Waals surface area contributed by atoms with Crippen molar-refractivity contribution in [3.05, 3.63) is 0 Å². The van der Waals surface area contributed by atoms with Gasteiger partial charge in [0.25, 0.3) is 0 Å². The number of halogens is 6. The number of aliphatic imine (C=N–C) groups is 1.